The van der Waals surface area contributed by atoms with Crippen molar-refractivity contribution in [1.82, 2.24) is 15.1 Å². The molecule has 5 heteroatoms. The van der Waals surface area contributed by atoms with Gasteiger partial charge in [0.15, 0.2) is 0 Å². The van der Waals surface area contributed by atoms with Gasteiger partial charge in [-0.1, -0.05) is 0 Å². The third-order valence-electron chi connectivity index (χ3n) is 3.77. The summed E-state index contributed by atoms with van der Waals surface area (Å²) in [7, 11) is 0. The van der Waals surface area contributed by atoms with Crippen molar-refractivity contribution in [1.29, 1.82) is 0 Å². The number of nitrogens with one attached hydrogen (secondary N) is 1. The number of hydrogen-bond donors (Lipinski definition) is 1. The number of morpholine rings is 1. The summed E-state index contributed by atoms with van der Waals surface area (Å²) in [5, 5.41) is 11.4. The summed E-state index contributed by atoms with van der Waals surface area (Å²) >= 11 is 0. The third kappa shape index (κ3) is 2.62. The molecule has 0 saturated carbocycles. The van der Waals surface area contributed by atoms with Crippen LogP contribution in [0.2, 0.25) is 0 Å². The standard InChI is InChI=1S/C13H20N4O/c1-10-4-5-13(16-15-10)14-7-12-8-17-6-2-3-11(17)9-18-12/h4-5,11-12H,2-3,6-9H2,1H3,(H,14,16). The molecule has 0 radical (unpaired) electrons. The minimum Gasteiger partial charge on any atom is -0.373 e. The summed E-state index contributed by atoms with van der Waals surface area (Å²) < 4.78 is 5.88. The van der Waals surface area contributed by atoms with Gasteiger partial charge in [0.2, 0.25) is 0 Å². The average molecular weight is 248 g/mol. The normalized spacial score (nSPS) is 28.1. The van der Waals surface area contributed by atoms with Crippen LogP contribution in [0.5, 0.6) is 0 Å². The molecule has 18 heavy (non-hydrogen) atoms. The van der Waals surface area contributed by atoms with Crippen LogP contribution >= 0.6 is 0 Å². The number of fused-ring (bicyclic) bond motifs is 1. The van der Waals surface area contributed by atoms with Crippen molar-refractivity contribution in [3.05, 3.63) is 17.8 Å². The first-order valence-electron chi connectivity index (χ1n) is 6.71. The van der Waals surface area contributed by atoms with Gasteiger partial charge in [-0.25, -0.2) is 0 Å². The molecule has 2 aliphatic heterocycles. The number of anilines is 1. The summed E-state index contributed by atoms with van der Waals surface area (Å²) in [6.07, 6.45) is 2.88. The predicted molar refractivity (Wildman–Crippen MR) is 69.6 cm³/mol. The zero-order chi connectivity index (χ0) is 12.4. The fourth-order valence-electron chi connectivity index (χ4n) is 2.72. The number of nitrogens with zero attached hydrogens (tertiary/aromatic N) is 3. The first-order valence-corrected chi connectivity index (χ1v) is 6.71. The van der Waals surface area contributed by atoms with Crippen molar-refractivity contribution in [2.45, 2.75) is 31.9 Å². The number of ether oxygens (including phenoxy) is 1. The van der Waals surface area contributed by atoms with Crippen molar-refractivity contribution in [3.63, 3.8) is 0 Å². The summed E-state index contributed by atoms with van der Waals surface area (Å²) in [6, 6.07) is 4.60. The summed E-state index contributed by atoms with van der Waals surface area (Å²) in [5.74, 6) is 0.827. The molecule has 0 amide bonds. The molecule has 2 aliphatic rings. The van der Waals surface area contributed by atoms with Gasteiger partial charge >= 0.3 is 0 Å². The van der Waals surface area contributed by atoms with Crippen LogP contribution in [0.25, 0.3) is 0 Å². The zero-order valence-electron chi connectivity index (χ0n) is 10.8. The Morgan fingerprint density at radius 3 is 3.22 bits per heavy atom. The summed E-state index contributed by atoms with van der Waals surface area (Å²) in [4.78, 5) is 2.55. The zero-order valence-corrected chi connectivity index (χ0v) is 10.8. The van der Waals surface area contributed by atoms with Gasteiger partial charge in [-0.05, 0) is 38.4 Å². The molecule has 1 aromatic rings. The van der Waals surface area contributed by atoms with Crippen LogP contribution in [0.1, 0.15) is 18.5 Å². The average Bonchev–Trinajstić information content (AvgIpc) is 2.85. The maximum atomic E-state index is 5.88. The molecule has 2 unspecified atom stereocenters. The lowest BCUT2D eigenvalue weighted by Crippen LogP contribution is -2.48. The lowest BCUT2D eigenvalue weighted by Gasteiger charge is -2.35. The molecule has 3 heterocycles. The van der Waals surface area contributed by atoms with Crippen LogP contribution in [0.3, 0.4) is 0 Å². The van der Waals surface area contributed by atoms with E-state index in [-0.39, 0.29) is 6.10 Å². The Kier molecular flexibility index (Phi) is 3.43. The SMILES string of the molecule is Cc1ccc(NCC2CN3CCCC3CO2)nn1. The Morgan fingerprint density at radius 2 is 2.39 bits per heavy atom. The topological polar surface area (TPSA) is 50.3 Å². The van der Waals surface area contributed by atoms with Gasteiger partial charge in [0.25, 0.3) is 0 Å². The Balaban J connectivity index is 1.50. The largest absolute Gasteiger partial charge is 0.373 e. The van der Waals surface area contributed by atoms with E-state index in [9.17, 15) is 0 Å². The molecular weight excluding hydrogens is 228 g/mol. The van der Waals surface area contributed by atoms with Crippen molar-refractivity contribution < 1.29 is 4.74 Å². The highest BCUT2D eigenvalue weighted by Crippen LogP contribution is 2.22. The molecule has 2 atom stereocenters. The molecule has 98 valence electrons. The number of rotatable bonds is 3. The molecule has 1 N–H and O–H groups in total. The highest BCUT2D eigenvalue weighted by Gasteiger charge is 2.31. The van der Waals surface area contributed by atoms with E-state index in [1.165, 1.54) is 19.4 Å². The minimum absolute atomic E-state index is 0.266. The number of hydrogen-bond acceptors (Lipinski definition) is 5. The monoisotopic (exact) mass is 248 g/mol. The fourth-order valence-corrected chi connectivity index (χ4v) is 2.72. The molecule has 5 nitrogen and oxygen atoms in total. The second kappa shape index (κ2) is 5.20. The van der Waals surface area contributed by atoms with E-state index in [1.54, 1.807) is 0 Å². The Bertz CT molecular complexity index is 394. The molecule has 0 aliphatic carbocycles. The van der Waals surface area contributed by atoms with Crippen LogP contribution in [-0.4, -0.2) is 53.5 Å². The Labute approximate surface area is 108 Å². The Morgan fingerprint density at radius 1 is 1.44 bits per heavy atom. The highest BCUT2D eigenvalue weighted by molar-refractivity contribution is 5.32. The number of aryl methyl sites for hydroxylation is 1. The quantitative estimate of drug-likeness (QED) is 0.867. The minimum atomic E-state index is 0.266. The predicted octanol–water partition coefficient (Wildman–Crippen LogP) is 1.06. The van der Waals surface area contributed by atoms with E-state index >= 15 is 0 Å². The van der Waals surface area contributed by atoms with Crippen LogP contribution in [0.4, 0.5) is 5.82 Å². The molecule has 0 spiro atoms. The van der Waals surface area contributed by atoms with Crippen molar-refractivity contribution in [2.24, 2.45) is 0 Å². The maximum absolute atomic E-state index is 5.88. The van der Waals surface area contributed by atoms with Crippen molar-refractivity contribution in [2.75, 3.05) is 31.6 Å². The first kappa shape index (κ1) is 11.9. The van der Waals surface area contributed by atoms with Crippen LogP contribution in [0, 0.1) is 6.92 Å². The van der Waals surface area contributed by atoms with E-state index < -0.39 is 0 Å². The second-order valence-electron chi connectivity index (χ2n) is 5.19. The molecule has 0 aromatic carbocycles. The number of aromatic nitrogens is 2. The van der Waals surface area contributed by atoms with Gasteiger partial charge in [0.1, 0.15) is 5.82 Å². The van der Waals surface area contributed by atoms with Gasteiger partial charge in [0, 0.05) is 19.1 Å². The van der Waals surface area contributed by atoms with Crippen LogP contribution in [0.15, 0.2) is 12.1 Å². The van der Waals surface area contributed by atoms with Gasteiger partial charge < -0.3 is 10.1 Å². The molecular formula is C13H20N4O. The summed E-state index contributed by atoms with van der Waals surface area (Å²) in [5.41, 5.74) is 0.939. The molecule has 0 bridgehead atoms. The van der Waals surface area contributed by atoms with Gasteiger partial charge in [-0.2, -0.15) is 5.10 Å². The van der Waals surface area contributed by atoms with Crippen molar-refractivity contribution in [3.8, 4) is 0 Å². The van der Waals surface area contributed by atoms with E-state index in [1.807, 2.05) is 19.1 Å². The van der Waals surface area contributed by atoms with Crippen LogP contribution in [-0.2, 0) is 4.74 Å². The highest BCUT2D eigenvalue weighted by atomic mass is 16.5. The smallest absolute Gasteiger partial charge is 0.148 e. The van der Waals surface area contributed by atoms with E-state index in [4.69, 9.17) is 4.74 Å². The van der Waals surface area contributed by atoms with Gasteiger partial charge in [0.05, 0.1) is 18.4 Å². The van der Waals surface area contributed by atoms with Gasteiger partial charge in [-0.15, -0.1) is 5.10 Å². The maximum Gasteiger partial charge on any atom is 0.148 e. The van der Waals surface area contributed by atoms with Gasteiger partial charge in [-0.3, -0.25) is 4.90 Å². The van der Waals surface area contributed by atoms with Crippen molar-refractivity contribution >= 4 is 5.82 Å². The fraction of sp³-hybridized carbons (Fsp3) is 0.692. The summed E-state index contributed by atoms with van der Waals surface area (Å²) in [6.45, 7) is 5.90. The van der Waals surface area contributed by atoms with E-state index in [2.05, 4.69) is 20.4 Å². The molecule has 1 aromatic heterocycles. The van der Waals surface area contributed by atoms with Crippen LogP contribution < -0.4 is 5.32 Å². The van der Waals surface area contributed by atoms with E-state index in [0.717, 1.165) is 31.2 Å². The molecule has 2 saturated heterocycles. The Hall–Kier alpha value is -1.20. The lowest BCUT2D eigenvalue weighted by molar-refractivity contribution is -0.0416. The third-order valence-corrected chi connectivity index (χ3v) is 3.77. The molecule has 3 rings (SSSR count). The molecule has 2 fully saturated rings. The second-order valence-corrected chi connectivity index (χ2v) is 5.19. The lowest BCUT2D eigenvalue weighted by atomic mass is 10.2. The van der Waals surface area contributed by atoms with E-state index in [0.29, 0.717) is 6.04 Å². The first-order chi connectivity index (χ1) is 8.81.